The minimum atomic E-state index is -0.282. The molecule has 0 aliphatic carbocycles. The van der Waals surface area contributed by atoms with Gasteiger partial charge in [0.25, 0.3) is 0 Å². The van der Waals surface area contributed by atoms with Crippen LogP contribution >= 0.6 is 11.6 Å². The van der Waals surface area contributed by atoms with Crippen molar-refractivity contribution in [2.24, 2.45) is 0 Å². The highest BCUT2D eigenvalue weighted by Gasteiger charge is 2.32. The molecule has 0 N–H and O–H groups in total. The summed E-state index contributed by atoms with van der Waals surface area (Å²) in [4.78, 5) is 16.2. The summed E-state index contributed by atoms with van der Waals surface area (Å²) in [5.41, 5.74) is 5.69. The number of carbonyl (C=O) groups is 1. The van der Waals surface area contributed by atoms with Crippen molar-refractivity contribution in [2.45, 2.75) is 19.2 Å². The summed E-state index contributed by atoms with van der Waals surface area (Å²) in [5, 5.41) is 0.673. The SMILES string of the molecule is CN(C)Cc1ccc(-c2ccc(CN3CC(c4ccc(Cl)cc4)OC3=O)cc2)cc1. The molecule has 154 valence electrons. The topological polar surface area (TPSA) is 32.8 Å². The lowest BCUT2D eigenvalue weighted by atomic mass is 10.0. The molecular formula is C25H25ClN2O2. The van der Waals surface area contributed by atoms with Crippen LogP contribution in [0.2, 0.25) is 5.02 Å². The minimum Gasteiger partial charge on any atom is -0.439 e. The first-order valence-electron chi connectivity index (χ1n) is 10.0. The van der Waals surface area contributed by atoms with Crippen LogP contribution in [0.25, 0.3) is 11.1 Å². The third kappa shape index (κ3) is 4.84. The normalized spacial score (nSPS) is 16.2. The predicted octanol–water partition coefficient (Wildman–Crippen LogP) is 5.76. The molecule has 3 aromatic rings. The largest absolute Gasteiger partial charge is 0.439 e. The van der Waals surface area contributed by atoms with Gasteiger partial charge in [0.2, 0.25) is 0 Å². The maximum Gasteiger partial charge on any atom is 0.410 e. The molecule has 4 rings (SSSR count). The van der Waals surface area contributed by atoms with E-state index in [-0.39, 0.29) is 12.2 Å². The number of rotatable bonds is 6. The van der Waals surface area contributed by atoms with Gasteiger partial charge in [0.1, 0.15) is 6.10 Å². The molecule has 1 aliphatic heterocycles. The van der Waals surface area contributed by atoms with Gasteiger partial charge in [-0.2, -0.15) is 0 Å². The Kier molecular flexibility index (Phi) is 6.07. The predicted molar refractivity (Wildman–Crippen MR) is 120 cm³/mol. The van der Waals surface area contributed by atoms with E-state index < -0.39 is 0 Å². The zero-order chi connectivity index (χ0) is 21.1. The van der Waals surface area contributed by atoms with Gasteiger partial charge in [-0.25, -0.2) is 4.79 Å². The Morgan fingerprint density at radius 1 is 0.900 bits per heavy atom. The Bertz CT molecular complexity index is 999. The molecule has 5 heteroatoms. The standard InChI is InChI=1S/C25H25ClN2O2/c1-27(2)15-18-3-7-20(8-4-18)21-9-5-19(6-10-21)16-28-17-24(30-25(28)29)22-11-13-23(26)14-12-22/h3-14,24H,15-17H2,1-2H3. The van der Waals surface area contributed by atoms with E-state index in [9.17, 15) is 4.79 Å². The molecular weight excluding hydrogens is 396 g/mol. The van der Waals surface area contributed by atoms with Crippen molar-refractivity contribution >= 4 is 17.7 Å². The lowest BCUT2D eigenvalue weighted by molar-refractivity contribution is 0.132. The number of ether oxygens (including phenoxy) is 1. The highest BCUT2D eigenvalue weighted by atomic mass is 35.5. The second kappa shape index (κ2) is 8.90. The molecule has 1 aliphatic rings. The van der Waals surface area contributed by atoms with E-state index in [4.69, 9.17) is 16.3 Å². The van der Waals surface area contributed by atoms with Crippen LogP contribution in [-0.4, -0.2) is 36.5 Å². The molecule has 1 atom stereocenters. The Balaban J connectivity index is 1.40. The molecule has 1 unspecified atom stereocenters. The maximum absolute atomic E-state index is 12.3. The molecule has 0 spiro atoms. The highest BCUT2D eigenvalue weighted by Crippen LogP contribution is 2.28. The van der Waals surface area contributed by atoms with Crippen LogP contribution in [0.1, 0.15) is 22.8 Å². The van der Waals surface area contributed by atoms with Gasteiger partial charge in [-0.05, 0) is 54.0 Å². The molecule has 0 saturated carbocycles. The van der Waals surface area contributed by atoms with E-state index in [0.717, 1.165) is 23.2 Å². The van der Waals surface area contributed by atoms with E-state index in [2.05, 4.69) is 67.5 Å². The Morgan fingerprint density at radius 3 is 2.03 bits per heavy atom. The van der Waals surface area contributed by atoms with Crippen molar-refractivity contribution in [3.05, 3.63) is 94.5 Å². The van der Waals surface area contributed by atoms with Crippen LogP contribution in [0.3, 0.4) is 0 Å². The average Bonchev–Trinajstić information content (AvgIpc) is 3.09. The smallest absolute Gasteiger partial charge is 0.410 e. The summed E-state index contributed by atoms with van der Waals surface area (Å²) >= 11 is 5.95. The number of nitrogens with zero attached hydrogens (tertiary/aromatic N) is 2. The van der Waals surface area contributed by atoms with Crippen molar-refractivity contribution in [3.63, 3.8) is 0 Å². The van der Waals surface area contributed by atoms with E-state index in [1.54, 1.807) is 4.90 Å². The number of hydrogen-bond acceptors (Lipinski definition) is 3. The number of halogens is 1. The second-order valence-electron chi connectivity index (χ2n) is 7.94. The van der Waals surface area contributed by atoms with Crippen molar-refractivity contribution in [2.75, 3.05) is 20.6 Å². The quantitative estimate of drug-likeness (QED) is 0.508. The molecule has 0 radical (unpaired) electrons. The highest BCUT2D eigenvalue weighted by molar-refractivity contribution is 6.30. The number of amides is 1. The number of cyclic esters (lactones) is 1. The first kappa shape index (κ1) is 20.5. The average molecular weight is 421 g/mol. The Hall–Kier alpha value is -2.82. The monoisotopic (exact) mass is 420 g/mol. The first-order valence-corrected chi connectivity index (χ1v) is 10.4. The summed E-state index contributed by atoms with van der Waals surface area (Å²) in [7, 11) is 4.14. The zero-order valence-corrected chi connectivity index (χ0v) is 18.0. The molecule has 1 heterocycles. The van der Waals surface area contributed by atoms with E-state index in [0.29, 0.717) is 18.1 Å². The fourth-order valence-corrected chi connectivity index (χ4v) is 3.80. The third-order valence-corrected chi connectivity index (χ3v) is 5.49. The maximum atomic E-state index is 12.3. The van der Waals surface area contributed by atoms with E-state index in [1.807, 2.05) is 24.3 Å². The second-order valence-corrected chi connectivity index (χ2v) is 8.37. The third-order valence-electron chi connectivity index (χ3n) is 5.24. The van der Waals surface area contributed by atoms with Crippen molar-refractivity contribution in [3.8, 4) is 11.1 Å². The Morgan fingerprint density at radius 2 is 1.47 bits per heavy atom. The molecule has 30 heavy (non-hydrogen) atoms. The summed E-state index contributed by atoms with van der Waals surface area (Å²) in [6.45, 7) is 2.00. The molecule has 1 amide bonds. The summed E-state index contributed by atoms with van der Waals surface area (Å²) in [6.07, 6.45) is -0.537. The van der Waals surface area contributed by atoms with Gasteiger partial charge in [-0.3, -0.25) is 4.90 Å². The van der Waals surface area contributed by atoms with Crippen LogP contribution in [0, 0.1) is 0 Å². The van der Waals surface area contributed by atoms with Gasteiger partial charge < -0.3 is 9.64 Å². The van der Waals surface area contributed by atoms with Crippen molar-refractivity contribution in [1.29, 1.82) is 0 Å². The molecule has 1 fully saturated rings. The lowest BCUT2D eigenvalue weighted by Crippen LogP contribution is -2.23. The van der Waals surface area contributed by atoms with Gasteiger partial charge >= 0.3 is 6.09 Å². The van der Waals surface area contributed by atoms with Gasteiger partial charge in [0, 0.05) is 18.1 Å². The molecule has 0 aromatic heterocycles. The zero-order valence-electron chi connectivity index (χ0n) is 17.2. The van der Waals surface area contributed by atoms with Crippen molar-refractivity contribution < 1.29 is 9.53 Å². The summed E-state index contributed by atoms with van der Waals surface area (Å²) in [6, 6.07) is 24.5. The first-order chi connectivity index (χ1) is 14.5. The fourth-order valence-electron chi connectivity index (χ4n) is 3.68. The summed E-state index contributed by atoms with van der Waals surface area (Å²) in [5.74, 6) is 0. The van der Waals surface area contributed by atoms with Crippen LogP contribution < -0.4 is 0 Å². The molecule has 4 nitrogen and oxygen atoms in total. The van der Waals surface area contributed by atoms with E-state index >= 15 is 0 Å². The molecule has 0 bridgehead atoms. The van der Waals surface area contributed by atoms with Crippen LogP contribution in [0.5, 0.6) is 0 Å². The molecule has 1 saturated heterocycles. The van der Waals surface area contributed by atoms with E-state index in [1.165, 1.54) is 11.1 Å². The fraction of sp³-hybridized carbons (Fsp3) is 0.240. The van der Waals surface area contributed by atoms with Gasteiger partial charge in [-0.15, -0.1) is 0 Å². The van der Waals surface area contributed by atoms with Crippen LogP contribution in [0.4, 0.5) is 4.79 Å². The number of hydrogen-bond donors (Lipinski definition) is 0. The van der Waals surface area contributed by atoms with Crippen molar-refractivity contribution in [1.82, 2.24) is 9.80 Å². The van der Waals surface area contributed by atoms with Gasteiger partial charge in [0.05, 0.1) is 6.54 Å². The Labute approximate surface area is 182 Å². The molecule has 3 aromatic carbocycles. The number of carbonyl (C=O) groups excluding carboxylic acids is 1. The summed E-state index contributed by atoms with van der Waals surface area (Å²) < 4.78 is 5.54. The lowest BCUT2D eigenvalue weighted by Gasteiger charge is -2.14. The minimum absolute atomic E-state index is 0.255. The van der Waals surface area contributed by atoms with Crippen LogP contribution in [0.15, 0.2) is 72.8 Å². The van der Waals surface area contributed by atoms with Crippen LogP contribution in [-0.2, 0) is 17.8 Å². The van der Waals surface area contributed by atoms with Gasteiger partial charge in [-0.1, -0.05) is 72.3 Å². The number of benzene rings is 3. The van der Waals surface area contributed by atoms with Gasteiger partial charge in [0.15, 0.2) is 0 Å².